The first kappa shape index (κ1) is 19.1. The molecule has 0 amide bonds. The Morgan fingerprint density at radius 3 is 2.39 bits per heavy atom. The summed E-state index contributed by atoms with van der Waals surface area (Å²) in [5, 5.41) is 10.6. The number of hydrogen-bond donors (Lipinski definition) is 0. The number of sulfone groups is 1. The van der Waals surface area contributed by atoms with Crippen molar-refractivity contribution in [2.75, 3.05) is 5.75 Å². The fourth-order valence-corrected chi connectivity index (χ4v) is 7.83. The molecule has 0 unspecified atom stereocenters. The van der Waals surface area contributed by atoms with Gasteiger partial charge < -0.3 is 4.74 Å². The van der Waals surface area contributed by atoms with Gasteiger partial charge in [-0.15, -0.1) is 0 Å². The molecule has 1 aromatic rings. The van der Waals surface area contributed by atoms with Crippen LogP contribution < -0.4 is 0 Å². The van der Waals surface area contributed by atoms with Crippen molar-refractivity contribution in [3.8, 4) is 0 Å². The van der Waals surface area contributed by atoms with Crippen LogP contribution in [0.1, 0.15) is 45.1 Å². The van der Waals surface area contributed by atoms with Crippen LogP contribution in [0.2, 0.25) is 0 Å². The lowest BCUT2D eigenvalue weighted by Crippen LogP contribution is -2.56. The monoisotopic (exact) mass is 405 g/mol. The minimum Gasteiger partial charge on any atom is -0.483 e. The molecule has 1 aromatic carbocycles. The Morgan fingerprint density at radius 2 is 1.79 bits per heavy atom. The molecule has 2 heterocycles. The number of fused-ring (bicyclic) bond motifs is 1. The minimum atomic E-state index is -3.85. The van der Waals surface area contributed by atoms with Crippen molar-refractivity contribution >= 4 is 15.6 Å². The Balaban J connectivity index is 1.99. The second-order valence-corrected chi connectivity index (χ2v) is 11.2. The maximum atomic E-state index is 13.1. The number of Topliss-reactive ketones (excluding diaryl/α,β-unsaturated/α-hetero) is 1. The molecule has 3 aliphatic rings. The van der Waals surface area contributed by atoms with Crippen molar-refractivity contribution in [1.82, 2.24) is 0 Å². The van der Waals surface area contributed by atoms with E-state index in [9.17, 15) is 23.3 Å². The number of allylic oxidation sites excluding steroid dienone is 2. The highest BCUT2D eigenvalue weighted by atomic mass is 32.2. The lowest BCUT2D eigenvalue weighted by molar-refractivity contribution is -0.537. The number of hydrogen-bond acceptors (Lipinski definition) is 6. The highest BCUT2D eigenvalue weighted by molar-refractivity contribution is 7.92. The summed E-state index contributed by atoms with van der Waals surface area (Å²) in [4.78, 5) is 24.2. The molecule has 4 atom stereocenters. The van der Waals surface area contributed by atoms with Crippen molar-refractivity contribution in [2.24, 2.45) is 5.41 Å². The molecule has 1 aliphatic carbocycles. The quantitative estimate of drug-likeness (QED) is 0.553. The summed E-state index contributed by atoms with van der Waals surface area (Å²) in [5.74, 6) is -1.06. The molecule has 4 rings (SSSR count). The maximum absolute atomic E-state index is 13.1. The van der Waals surface area contributed by atoms with Gasteiger partial charge in [0.1, 0.15) is 16.8 Å². The minimum absolute atomic E-state index is 0.137. The predicted molar refractivity (Wildman–Crippen MR) is 102 cm³/mol. The molecule has 0 radical (unpaired) electrons. The van der Waals surface area contributed by atoms with E-state index in [1.807, 2.05) is 19.9 Å². The Bertz CT molecular complexity index is 997. The largest absolute Gasteiger partial charge is 0.483 e. The number of nitrogens with zero attached hydrogens (tertiary/aromatic N) is 1. The number of nitro groups is 1. The van der Waals surface area contributed by atoms with E-state index in [1.165, 1.54) is 6.92 Å². The van der Waals surface area contributed by atoms with Gasteiger partial charge in [-0.05, 0) is 17.9 Å². The SMILES string of the molecule is CC1(C)CC(=O)C2=C(C1)O[C@]1(C)[C@@H]([C@@H]2c2ccccc2)S(=O)(=O)C[C@H]1[N+](=O)[O-]. The molecule has 8 heteroatoms. The molecule has 2 aliphatic heterocycles. The van der Waals surface area contributed by atoms with Gasteiger partial charge in [-0.3, -0.25) is 14.9 Å². The van der Waals surface area contributed by atoms with Crippen LogP contribution in [0.3, 0.4) is 0 Å². The van der Waals surface area contributed by atoms with Gasteiger partial charge in [0.05, 0.1) is 0 Å². The van der Waals surface area contributed by atoms with Crippen LogP contribution in [0.15, 0.2) is 41.7 Å². The van der Waals surface area contributed by atoms with Gasteiger partial charge in [-0.25, -0.2) is 8.42 Å². The summed E-state index contributed by atoms with van der Waals surface area (Å²) in [7, 11) is -3.85. The molecule has 1 fully saturated rings. The van der Waals surface area contributed by atoms with Gasteiger partial charge in [0.2, 0.25) is 0 Å². The second kappa shape index (κ2) is 5.89. The number of rotatable bonds is 2. The fraction of sp³-hybridized carbons (Fsp3) is 0.550. The first-order valence-corrected chi connectivity index (χ1v) is 11.0. The van der Waals surface area contributed by atoms with Crippen molar-refractivity contribution < 1.29 is 22.9 Å². The highest BCUT2D eigenvalue weighted by Gasteiger charge is 2.70. The lowest BCUT2D eigenvalue weighted by Gasteiger charge is -2.46. The third kappa shape index (κ3) is 2.69. The Morgan fingerprint density at radius 1 is 1.14 bits per heavy atom. The number of carbonyl (C=O) groups is 1. The maximum Gasteiger partial charge on any atom is 0.266 e. The smallest absolute Gasteiger partial charge is 0.266 e. The molecule has 7 nitrogen and oxygen atoms in total. The molecule has 0 saturated carbocycles. The number of ether oxygens (including phenoxy) is 1. The zero-order valence-corrected chi connectivity index (χ0v) is 16.9. The van der Waals surface area contributed by atoms with Crippen molar-refractivity contribution in [2.45, 2.75) is 56.4 Å². The van der Waals surface area contributed by atoms with Gasteiger partial charge in [-0.2, -0.15) is 0 Å². The van der Waals surface area contributed by atoms with E-state index < -0.39 is 43.3 Å². The zero-order chi connectivity index (χ0) is 20.5. The number of benzene rings is 1. The summed E-state index contributed by atoms with van der Waals surface area (Å²) in [5.41, 5.74) is -0.812. The Kier molecular flexibility index (Phi) is 4.02. The molecule has 1 saturated heterocycles. The summed E-state index contributed by atoms with van der Waals surface area (Å²) < 4.78 is 32.3. The first-order chi connectivity index (χ1) is 13.0. The molecule has 0 bridgehead atoms. The lowest BCUT2D eigenvalue weighted by atomic mass is 9.68. The van der Waals surface area contributed by atoms with Crippen LogP contribution in [-0.2, 0) is 19.4 Å². The number of ketones is 1. The van der Waals surface area contributed by atoms with E-state index in [0.29, 0.717) is 29.7 Å². The standard InChI is InChI=1S/C20H23NO6S/c1-19(2)9-13(22)17-14(10-19)27-20(3)15(21(23)24)11-28(25,26)18(20)16(17)12-7-5-4-6-8-12/h4-8,15-16,18H,9-11H2,1-3H3/t15-,16-,18-,20+/m1/s1. The van der Waals surface area contributed by atoms with Crippen LogP contribution in [-0.4, -0.2) is 41.8 Å². The molecular formula is C20H23NO6S. The van der Waals surface area contributed by atoms with Crippen molar-refractivity contribution in [3.63, 3.8) is 0 Å². The normalized spacial score (nSPS) is 35.7. The van der Waals surface area contributed by atoms with Crippen molar-refractivity contribution in [3.05, 3.63) is 57.3 Å². The fourth-order valence-electron chi connectivity index (χ4n) is 5.10. The van der Waals surface area contributed by atoms with Gasteiger partial charge in [0.15, 0.2) is 21.2 Å². The third-order valence-electron chi connectivity index (χ3n) is 6.25. The van der Waals surface area contributed by atoms with Crippen LogP contribution >= 0.6 is 0 Å². The molecule has 28 heavy (non-hydrogen) atoms. The first-order valence-electron chi connectivity index (χ1n) is 9.31. The van der Waals surface area contributed by atoms with Crippen LogP contribution in [0.5, 0.6) is 0 Å². The van der Waals surface area contributed by atoms with E-state index in [0.717, 1.165) is 0 Å². The van der Waals surface area contributed by atoms with E-state index in [-0.39, 0.29) is 11.2 Å². The van der Waals surface area contributed by atoms with E-state index in [2.05, 4.69) is 0 Å². The van der Waals surface area contributed by atoms with Gasteiger partial charge >= 0.3 is 0 Å². The number of carbonyl (C=O) groups excluding carboxylic acids is 1. The average molecular weight is 405 g/mol. The molecule has 0 aromatic heterocycles. The van der Waals surface area contributed by atoms with Crippen LogP contribution in [0.25, 0.3) is 0 Å². The molecular weight excluding hydrogens is 382 g/mol. The summed E-state index contributed by atoms with van der Waals surface area (Å²) in [6, 6.07) is 7.57. The van der Waals surface area contributed by atoms with Crippen LogP contribution in [0, 0.1) is 15.5 Å². The summed E-state index contributed by atoms with van der Waals surface area (Å²) >= 11 is 0. The average Bonchev–Trinajstić information content (AvgIpc) is 2.79. The zero-order valence-electron chi connectivity index (χ0n) is 16.0. The van der Waals surface area contributed by atoms with Gasteiger partial charge in [0, 0.05) is 29.3 Å². The highest BCUT2D eigenvalue weighted by Crippen LogP contribution is 2.55. The topological polar surface area (TPSA) is 104 Å². The predicted octanol–water partition coefficient (Wildman–Crippen LogP) is 2.64. The van der Waals surface area contributed by atoms with Crippen LogP contribution in [0.4, 0.5) is 0 Å². The second-order valence-electron chi connectivity index (χ2n) is 9.00. The third-order valence-corrected chi connectivity index (χ3v) is 8.55. The Hall–Kier alpha value is -2.22. The molecule has 0 spiro atoms. The Labute approximate surface area is 163 Å². The van der Waals surface area contributed by atoms with E-state index in [1.54, 1.807) is 24.3 Å². The van der Waals surface area contributed by atoms with E-state index in [4.69, 9.17) is 4.74 Å². The molecule has 150 valence electrons. The van der Waals surface area contributed by atoms with Crippen molar-refractivity contribution in [1.29, 1.82) is 0 Å². The van der Waals surface area contributed by atoms with Gasteiger partial charge in [0.25, 0.3) is 6.04 Å². The summed E-state index contributed by atoms with van der Waals surface area (Å²) in [6.07, 6.45) is 0.741. The molecule has 0 N–H and O–H groups in total. The summed E-state index contributed by atoms with van der Waals surface area (Å²) in [6.45, 7) is 5.40. The van der Waals surface area contributed by atoms with Gasteiger partial charge in [-0.1, -0.05) is 44.2 Å². The van der Waals surface area contributed by atoms with E-state index >= 15 is 0 Å².